The van der Waals surface area contributed by atoms with E-state index in [0.29, 0.717) is 6.42 Å². The van der Waals surface area contributed by atoms with Gasteiger partial charge in [-0.3, -0.25) is 14.5 Å². The Morgan fingerprint density at radius 3 is 2.38 bits per heavy atom. The number of carbonyl (C=O) groups is 3. The Hall–Kier alpha value is -2.32. The highest BCUT2D eigenvalue weighted by Gasteiger charge is 2.41. The first-order chi connectivity index (χ1) is 13.6. The fourth-order valence-electron chi connectivity index (χ4n) is 3.06. The van der Waals surface area contributed by atoms with Gasteiger partial charge in [0.05, 0.1) is 13.2 Å². The Morgan fingerprint density at radius 2 is 1.83 bits per heavy atom. The Morgan fingerprint density at radius 1 is 1.17 bits per heavy atom. The summed E-state index contributed by atoms with van der Waals surface area (Å²) in [7, 11) is 1.26. The molecule has 9 heteroatoms. The van der Waals surface area contributed by atoms with E-state index >= 15 is 0 Å². The van der Waals surface area contributed by atoms with Crippen LogP contribution in [-0.4, -0.2) is 58.7 Å². The van der Waals surface area contributed by atoms with E-state index in [1.165, 1.54) is 12.0 Å². The number of methoxy groups -OCH3 is 1. The minimum Gasteiger partial charge on any atom is -0.467 e. The van der Waals surface area contributed by atoms with Gasteiger partial charge in [0, 0.05) is 6.54 Å². The number of piperidine rings is 1. The van der Waals surface area contributed by atoms with E-state index in [0.717, 1.165) is 10.6 Å². The van der Waals surface area contributed by atoms with Crippen molar-refractivity contribution in [2.45, 2.75) is 57.9 Å². The number of hydrogen-bond acceptors (Lipinski definition) is 6. The first-order valence-electron chi connectivity index (χ1n) is 9.35. The fourth-order valence-corrected chi connectivity index (χ4v) is 3.25. The van der Waals surface area contributed by atoms with Crippen molar-refractivity contribution in [3.63, 3.8) is 0 Å². The highest BCUT2D eigenvalue weighted by atomic mass is 35.5. The van der Waals surface area contributed by atoms with Crippen LogP contribution in [0, 0.1) is 0 Å². The molecule has 8 nitrogen and oxygen atoms in total. The average Bonchev–Trinajstić information content (AvgIpc) is 2.66. The lowest BCUT2D eigenvalue weighted by molar-refractivity contribution is -0.167. The third-order valence-corrected chi connectivity index (χ3v) is 4.54. The SMILES string of the molecule is COC(=O)[C@@H]1CC[C@@H](N(OCc2ccccc2)C(=O)Cl)CN1C(=O)OC(C)(C)C. The zero-order valence-corrected chi connectivity index (χ0v) is 17.8. The van der Waals surface area contributed by atoms with Crippen LogP contribution in [0.1, 0.15) is 39.2 Å². The summed E-state index contributed by atoms with van der Waals surface area (Å²) in [5.74, 6) is -0.539. The van der Waals surface area contributed by atoms with Crippen molar-refractivity contribution in [2.75, 3.05) is 13.7 Å². The Labute approximate surface area is 175 Å². The molecule has 2 amide bonds. The van der Waals surface area contributed by atoms with E-state index in [-0.39, 0.29) is 19.6 Å². The summed E-state index contributed by atoms with van der Waals surface area (Å²) in [6.45, 7) is 5.37. The molecule has 0 saturated carbocycles. The van der Waals surface area contributed by atoms with Crippen LogP contribution in [0.3, 0.4) is 0 Å². The van der Waals surface area contributed by atoms with Crippen molar-refractivity contribution in [2.24, 2.45) is 0 Å². The molecule has 0 aromatic heterocycles. The van der Waals surface area contributed by atoms with Crippen molar-refractivity contribution in [3.8, 4) is 0 Å². The van der Waals surface area contributed by atoms with Gasteiger partial charge in [-0.15, -0.1) is 0 Å². The number of hydrogen-bond donors (Lipinski definition) is 0. The van der Waals surface area contributed by atoms with E-state index < -0.39 is 35.1 Å². The molecule has 1 fully saturated rings. The number of benzene rings is 1. The van der Waals surface area contributed by atoms with Crippen molar-refractivity contribution in [1.82, 2.24) is 9.96 Å². The number of halogens is 1. The van der Waals surface area contributed by atoms with Crippen LogP contribution in [-0.2, 0) is 25.7 Å². The monoisotopic (exact) mass is 426 g/mol. The zero-order chi connectivity index (χ0) is 21.6. The maximum Gasteiger partial charge on any atom is 0.411 e. The summed E-state index contributed by atoms with van der Waals surface area (Å²) in [4.78, 5) is 43.7. The molecule has 0 aliphatic carbocycles. The second kappa shape index (κ2) is 9.93. The van der Waals surface area contributed by atoms with Gasteiger partial charge in [-0.2, -0.15) is 0 Å². The quantitative estimate of drug-likeness (QED) is 0.309. The van der Waals surface area contributed by atoms with Gasteiger partial charge in [0.15, 0.2) is 0 Å². The molecule has 1 aliphatic heterocycles. The van der Waals surface area contributed by atoms with Crippen LogP contribution < -0.4 is 0 Å². The van der Waals surface area contributed by atoms with Gasteiger partial charge in [-0.25, -0.2) is 14.7 Å². The van der Waals surface area contributed by atoms with Crippen LogP contribution in [0.5, 0.6) is 0 Å². The first-order valence-corrected chi connectivity index (χ1v) is 9.73. The predicted octanol–water partition coefficient (Wildman–Crippen LogP) is 3.72. The molecule has 29 heavy (non-hydrogen) atoms. The summed E-state index contributed by atoms with van der Waals surface area (Å²) < 4.78 is 10.2. The van der Waals surface area contributed by atoms with Crippen LogP contribution in [0.2, 0.25) is 0 Å². The highest BCUT2D eigenvalue weighted by Crippen LogP contribution is 2.26. The number of ether oxygens (including phenoxy) is 2. The predicted molar refractivity (Wildman–Crippen MR) is 106 cm³/mol. The van der Waals surface area contributed by atoms with Gasteiger partial charge < -0.3 is 9.47 Å². The lowest BCUT2D eigenvalue weighted by Crippen LogP contribution is -2.57. The van der Waals surface area contributed by atoms with Gasteiger partial charge in [0.2, 0.25) is 0 Å². The molecular formula is C20H27ClN2O6. The van der Waals surface area contributed by atoms with Gasteiger partial charge in [-0.05, 0) is 50.8 Å². The first kappa shape index (κ1) is 23.0. The van der Waals surface area contributed by atoms with Gasteiger partial charge >= 0.3 is 17.4 Å². The number of esters is 1. The second-order valence-electron chi connectivity index (χ2n) is 7.74. The second-order valence-corrected chi connectivity index (χ2v) is 8.06. The number of carbonyl (C=O) groups excluding carboxylic acids is 3. The fraction of sp³-hybridized carbons (Fsp3) is 0.550. The lowest BCUT2D eigenvalue weighted by Gasteiger charge is -2.41. The molecule has 1 aliphatic rings. The molecular weight excluding hydrogens is 400 g/mol. The third kappa shape index (κ3) is 6.61. The van der Waals surface area contributed by atoms with E-state index in [2.05, 4.69) is 0 Å². The van der Waals surface area contributed by atoms with E-state index in [1.54, 1.807) is 20.8 Å². The molecule has 2 rings (SSSR count). The maximum atomic E-state index is 12.7. The molecule has 160 valence electrons. The minimum atomic E-state index is -0.799. The summed E-state index contributed by atoms with van der Waals surface area (Å²) in [5, 5.41) is 0.256. The van der Waals surface area contributed by atoms with Gasteiger partial charge in [-0.1, -0.05) is 30.3 Å². The highest BCUT2D eigenvalue weighted by molar-refractivity contribution is 6.62. The van der Waals surface area contributed by atoms with Crippen LogP contribution in [0.4, 0.5) is 9.59 Å². The molecule has 0 radical (unpaired) electrons. The van der Waals surface area contributed by atoms with E-state index in [9.17, 15) is 14.4 Å². The molecule has 0 spiro atoms. The van der Waals surface area contributed by atoms with Gasteiger partial charge in [0.25, 0.3) is 0 Å². The van der Waals surface area contributed by atoms with Crippen LogP contribution in [0.25, 0.3) is 0 Å². The summed E-state index contributed by atoms with van der Waals surface area (Å²) in [6.07, 6.45) is 0.0285. The summed E-state index contributed by atoms with van der Waals surface area (Å²) in [6, 6.07) is 7.98. The number of hydroxylamine groups is 2. The van der Waals surface area contributed by atoms with Crippen LogP contribution in [0.15, 0.2) is 30.3 Å². The Balaban J connectivity index is 2.15. The number of rotatable bonds is 5. The number of nitrogens with zero attached hydrogens (tertiary/aromatic N) is 2. The molecule has 1 saturated heterocycles. The van der Waals surface area contributed by atoms with Crippen molar-refractivity contribution in [3.05, 3.63) is 35.9 Å². The number of amides is 2. The van der Waals surface area contributed by atoms with Crippen LogP contribution >= 0.6 is 11.6 Å². The molecule has 0 unspecified atom stereocenters. The van der Waals surface area contributed by atoms with E-state index in [4.69, 9.17) is 25.9 Å². The smallest absolute Gasteiger partial charge is 0.411 e. The summed E-state index contributed by atoms with van der Waals surface area (Å²) in [5.41, 5.74) is 0.124. The topological polar surface area (TPSA) is 85.4 Å². The molecule has 1 aromatic carbocycles. The normalized spacial score (nSPS) is 19.4. The van der Waals surface area contributed by atoms with Crippen molar-refractivity contribution < 1.29 is 28.7 Å². The van der Waals surface area contributed by atoms with E-state index in [1.807, 2.05) is 30.3 Å². The average molecular weight is 427 g/mol. The lowest BCUT2D eigenvalue weighted by atomic mass is 9.98. The molecule has 1 aromatic rings. The van der Waals surface area contributed by atoms with Crippen molar-refractivity contribution >= 4 is 29.0 Å². The number of likely N-dealkylation sites (tertiary alicyclic amines) is 1. The third-order valence-electron chi connectivity index (χ3n) is 4.38. The molecule has 1 heterocycles. The Bertz CT molecular complexity index is 721. The zero-order valence-electron chi connectivity index (χ0n) is 17.1. The molecule has 2 atom stereocenters. The van der Waals surface area contributed by atoms with Crippen molar-refractivity contribution in [1.29, 1.82) is 0 Å². The molecule has 0 N–H and O–H groups in total. The minimum absolute atomic E-state index is 0.0297. The van der Waals surface area contributed by atoms with Gasteiger partial charge in [0.1, 0.15) is 18.2 Å². The largest absolute Gasteiger partial charge is 0.467 e. The molecule has 0 bridgehead atoms. The maximum absolute atomic E-state index is 12.7. The Kier molecular flexibility index (Phi) is 7.87. The standard InChI is InChI=1S/C20H27ClN2O6/c1-20(2,3)29-19(26)22-12-15(10-11-16(22)17(24)27-4)23(18(21)25)28-13-14-8-6-5-7-9-14/h5-9,15-16H,10-13H2,1-4H3/t15-,16+/m1/s1. The summed E-state index contributed by atoms with van der Waals surface area (Å²) >= 11 is 5.74.